The molecule has 0 spiro atoms. The van der Waals surface area contributed by atoms with Gasteiger partial charge in [0.15, 0.2) is 5.82 Å². The number of nitrogens with two attached hydrogens (primary N) is 1. The Morgan fingerprint density at radius 3 is 2.78 bits per heavy atom. The van der Waals surface area contributed by atoms with Crippen LogP contribution in [0.15, 0.2) is 4.52 Å². The van der Waals surface area contributed by atoms with E-state index in [1.807, 2.05) is 11.8 Å². The Bertz CT molecular complexity index is 361. The summed E-state index contributed by atoms with van der Waals surface area (Å²) in [5.74, 6) is 2.78. The summed E-state index contributed by atoms with van der Waals surface area (Å²) in [6.07, 6.45) is 6.30. The van der Waals surface area contributed by atoms with E-state index < -0.39 is 0 Å². The quantitative estimate of drug-likeness (QED) is 0.858. The first kappa shape index (κ1) is 13.9. The number of nitrogens with zero attached hydrogens (tertiary/aromatic N) is 2. The Morgan fingerprint density at radius 2 is 2.11 bits per heavy atom. The number of hydrogen-bond donors (Lipinski definition) is 1. The second-order valence-corrected chi connectivity index (χ2v) is 6.79. The molecule has 2 N–H and O–H groups in total. The van der Waals surface area contributed by atoms with Crippen LogP contribution in [0.4, 0.5) is 0 Å². The van der Waals surface area contributed by atoms with E-state index in [0.29, 0.717) is 11.8 Å². The van der Waals surface area contributed by atoms with Gasteiger partial charge in [-0.05, 0) is 25.2 Å². The van der Waals surface area contributed by atoms with Gasteiger partial charge < -0.3 is 10.3 Å². The third kappa shape index (κ3) is 3.99. The van der Waals surface area contributed by atoms with Crippen molar-refractivity contribution in [2.45, 2.75) is 63.0 Å². The molecule has 1 fully saturated rings. The fraction of sp³-hybridized carbons (Fsp3) is 0.846. The zero-order chi connectivity index (χ0) is 13.0. The summed E-state index contributed by atoms with van der Waals surface area (Å²) in [7, 11) is 0. The number of thioether (sulfide) groups is 1. The summed E-state index contributed by atoms with van der Waals surface area (Å²) in [4.78, 5) is 4.40. The fourth-order valence-electron chi connectivity index (χ4n) is 2.33. The second kappa shape index (κ2) is 6.57. The molecule has 4 nitrogen and oxygen atoms in total. The summed E-state index contributed by atoms with van der Waals surface area (Å²) in [5.41, 5.74) is 6.02. The summed E-state index contributed by atoms with van der Waals surface area (Å²) in [5, 5.41) is 4.81. The van der Waals surface area contributed by atoms with Gasteiger partial charge in [0.1, 0.15) is 0 Å². The summed E-state index contributed by atoms with van der Waals surface area (Å²) in [6, 6.07) is -0.122. The number of rotatable bonds is 6. The van der Waals surface area contributed by atoms with Crippen LogP contribution >= 0.6 is 11.8 Å². The minimum Gasteiger partial charge on any atom is -0.338 e. The van der Waals surface area contributed by atoms with Crippen LogP contribution in [0.2, 0.25) is 0 Å². The van der Waals surface area contributed by atoms with Crippen molar-refractivity contribution in [2.24, 2.45) is 11.7 Å². The van der Waals surface area contributed by atoms with Crippen LogP contribution in [0.3, 0.4) is 0 Å². The maximum atomic E-state index is 6.02. The average Bonchev–Trinajstić information content (AvgIpc) is 2.97. The Labute approximate surface area is 113 Å². The molecule has 0 saturated heterocycles. The Kier molecular flexibility index (Phi) is 5.06. The molecule has 1 aromatic rings. The Hall–Kier alpha value is -0.550. The van der Waals surface area contributed by atoms with E-state index in [9.17, 15) is 0 Å². The molecule has 1 atom stereocenters. The van der Waals surface area contributed by atoms with Crippen LogP contribution in [0.25, 0.3) is 0 Å². The van der Waals surface area contributed by atoms with E-state index in [2.05, 4.69) is 24.0 Å². The molecule has 2 rings (SSSR count). The van der Waals surface area contributed by atoms with E-state index in [1.54, 1.807) is 0 Å². The van der Waals surface area contributed by atoms with Crippen molar-refractivity contribution in [2.75, 3.05) is 0 Å². The van der Waals surface area contributed by atoms with Crippen LogP contribution in [0.5, 0.6) is 0 Å². The largest absolute Gasteiger partial charge is 0.338 e. The number of aromatic nitrogens is 2. The van der Waals surface area contributed by atoms with Gasteiger partial charge in [0.2, 0.25) is 5.89 Å². The SMILES string of the molecule is CC(C)C[C@@H](N)c1nc(CSC2CCCC2)no1. The first-order valence-electron chi connectivity index (χ1n) is 6.85. The lowest BCUT2D eigenvalue weighted by atomic mass is 10.0. The number of hydrogen-bond acceptors (Lipinski definition) is 5. The molecule has 1 aliphatic rings. The molecule has 18 heavy (non-hydrogen) atoms. The van der Waals surface area contributed by atoms with Crippen LogP contribution < -0.4 is 5.73 Å². The van der Waals surface area contributed by atoms with E-state index in [1.165, 1.54) is 25.7 Å². The van der Waals surface area contributed by atoms with Gasteiger partial charge in [0.05, 0.1) is 11.8 Å². The van der Waals surface area contributed by atoms with Gasteiger partial charge in [-0.3, -0.25) is 0 Å². The van der Waals surface area contributed by atoms with Crippen molar-refractivity contribution in [3.05, 3.63) is 11.7 Å². The normalized spacial score (nSPS) is 18.7. The smallest absolute Gasteiger partial charge is 0.243 e. The third-order valence-corrected chi connectivity index (χ3v) is 4.64. The molecule has 1 aliphatic carbocycles. The predicted molar refractivity (Wildman–Crippen MR) is 74.2 cm³/mol. The van der Waals surface area contributed by atoms with Gasteiger partial charge in [-0.2, -0.15) is 16.7 Å². The van der Waals surface area contributed by atoms with E-state index in [4.69, 9.17) is 10.3 Å². The molecule has 1 heterocycles. The van der Waals surface area contributed by atoms with Crippen LogP contribution in [0, 0.1) is 5.92 Å². The van der Waals surface area contributed by atoms with Crippen LogP contribution in [0.1, 0.15) is 63.7 Å². The average molecular weight is 269 g/mol. The Morgan fingerprint density at radius 1 is 1.39 bits per heavy atom. The maximum absolute atomic E-state index is 6.02. The molecule has 0 bridgehead atoms. The molecule has 0 aromatic carbocycles. The van der Waals surface area contributed by atoms with Crippen LogP contribution in [-0.2, 0) is 5.75 Å². The van der Waals surface area contributed by atoms with Gasteiger partial charge in [0.25, 0.3) is 0 Å². The van der Waals surface area contributed by atoms with E-state index >= 15 is 0 Å². The Balaban J connectivity index is 1.81. The molecule has 0 radical (unpaired) electrons. The van der Waals surface area contributed by atoms with Gasteiger partial charge >= 0.3 is 0 Å². The van der Waals surface area contributed by atoms with Gasteiger partial charge in [-0.15, -0.1) is 0 Å². The molecule has 0 unspecified atom stereocenters. The lowest BCUT2D eigenvalue weighted by molar-refractivity contribution is 0.333. The zero-order valence-corrected chi connectivity index (χ0v) is 12.1. The first-order valence-corrected chi connectivity index (χ1v) is 7.89. The lowest BCUT2D eigenvalue weighted by Gasteiger charge is -2.08. The predicted octanol–water partition coefficient (Wildman–Crippen LogP) is 3.29. The van der Waals surface area contributed by atoms with Crippen molar-refractivity contribution in [3.63, 3.8) is 0 Å². The van der Waals surface area contributed by atoms with Gasteiger partial charge in [-0.25, -0.2) is 0 Å². The first-order chi connectivity index (χ1) is 8.65. The molecule has 102 valence electrons. The van der Waals surface area contributed by atoms with E-state index in [-0.39, 0.29) is 6.04 Å². The minimum absolute atomic E-state index is 0.122. The molecular weight excluding hydrogens is 246 g/mol. The van der Waals surface area contributed by atoms with Crippen LogP contribution in [-0.4, -0.2) is 15.4 Å². The summed E-state index contributed by atoms with van der Waals surface area (Å²) in [6.45, 7) is 4.29. The fourth-order valence-corrected chi connectivity index (χ4v) is 3.50. The molecule has 5 heteroatoms. The standard InChI is InChI=1S/C13H23N3OS/c1-9(2)7-11(14)13-15-12(16-17-13)8-18-10-5-3-4-6-10/h9-11H,3-8,14H2,1-2H3/t11-/m1/s1. The highest BCUT2D eigenvalue weighted by atomic mass is 32.2. The monoisotopic (exact) mass is 269 g/mol. The molecule has 0 aliphatic heterocycles. The highest BCUT2D eigenvalue weighted by molar-refractivity contribution is 7.99. The minimum atomic E-state index is -0.122. The summed E-state index contributed by atoms with van der Waals surface area (Å²) < 4.78 is 5.24. The summed E-state index contributed by atoms with van der Waals surface area (Å²) >= 11 is 1.95. The van der Waals surface area contributed by atoms with Crippen molar-refractivity contribution >= 4 is 11.8 Å². The van der Waals surface area contributed by atoms with E-state index in [0.717, 1.165) is 23.2 Å². The molecular formula is C13H23N3OS. The molecule has 0 amide bonds. The van der Waals surface area contributed by atoms with Crippen molar-refractivity contribution < 1.29 is 4.52 Å². The van der Waals surface area contributed by atoms with Gasteiger partial charge in [-0.1, -0.05) is 31.8 Å². The maximum Gasteiger partial charge on any atom is 0.243 e. The second-order valence-electron chi connectivity index (χ2n) is 5.50. The third-order valence-electron chi connectivity index (χ3n) is 3.28. The van der Waals surface area contributed by atoms with Gasteiger partial charge in [0, 0.05) is 5.25 Å². The topological polar surface area (TPSA) is 64.9 Å². The zero-order valence-electron chi connectivity index (χ0n) is 11.3. The highest BCUT2D eigenvalue weighted by Gasteiger charge is 2.19. The van der Waals surface area contributed by atoms with Crippen molar-refractivity contribution in [1.29, 1.82) is 0 Å². The van der Waals surface area contributed by atoms with Crippen molar-refractivity contribution in [3.8, 4) is 0 Å². The lowest BCUT2D eigenvalue weighted by Crippen LogP contribution is -2.13. The highest BCUT2D eigenvalue weighted by Crippen LogP contribution is 2.31. The van der Waals surface area contributed by atoms with Crippen molar-refractivity contribution in [1.82, 2.24) is 10.1 Å². The molecule has 1 aromatic heterocycles. The molecule has 1 saturated carbocycles.